The number of carbonyl (C=O) groups excluding carboxylic acids is 1. The van der Waals surface area contributed by atoms with Crippen LogP contribution in [0.3, 0.4) is 0 Å². The molecule has 168 valence electrons. The fourth-order valence-electron chi connectivity index (χ4n) is 3.29. The van der Waals surface area contributed by atoms with Gasteiger partial charge in [-0.1, -0.05) is 72.8 Å². The molecule has 1 atom stereocenters. The van der Waals surface area contributed by atoms with E-state index >= 15 is 0 Å². The zero-order chi connectivity index (χ0) is 23.2. The monoisotopic (exact) mass is 451 g/mol. The summed E-state index contributed by atoms with van der Waals surface area (Å²) in [5, 5.41) is -0.920. The average Bonchev–Trinajstić information content (AvgIpc) is 2.78. The molecule has 3 aromatic carbocycles. The van der Waals surface area contributed by atoms with Crippen LogP contribution in [0.15, 0.2) is 89.8 Å². The van der Waals surface area contributed by atoms with E-state index in [1.807, 2.05) is 60.7 Å². The third kappa shape index (κ3) is 6.52. The molecular formula is C26H29NO4S. The molecule has 0 spiro atoms. The van der Waals surface area contributed by atoms with E-state index in [9.17, 15) is 13.2 Å². The Labute approximate surface area is 190 Å². The number of hydrogen-bond acceptors (Lipinski definition) is 4. The van der Waals surface area contributed by atoms with E-state index < -0.39 is 26.6 Å². The first-order chi connectivity index (χ1) is 15.1. The molecule has 0 saturated carbocycles. The zero-order valence-electron chi connectivity index (χ0n) is 18.6. The van der Waals surface area contributed by atoms with Crippen molar-refractivity contribution in [2.24, 2.45) is 0 Å². The van der Waals surface area contributed by atoms with Crippen LogP contribution in [0, 0.1) is 0 Å². The molecule has 1 N–H and O–H groups in total. The molecule has 3 aromatic rings. The van der Waals surface area contributed by atoms with Crippen LogP contribution < -0.4 is 5.48 Å². The van der Waals surface area contributed by atoms with Crippen LogP contribution in [0.5, 0.6) is 0 Å². The predicted molar refractivity (Wildman–Crippen MR) is 127 cm³/mol. The smallest absolute Gasteiger partial charge is 0.244 e. The van der Waals surface area contributed by atoms with Crippen molar-refractivity contribution in [1.29, 1.82) is 0 Å². The molecule has 0 saturated heterocycles. The number of hydroxylamine groups is 1. The molecule has 0 aromatic heterocycles. The van der Waals surface area contributed by atoms with Gasteiger partial charge in [-0.2, -0.15) is 0 Å². The number of benzene rings is 3. The number of amides is 1. The second-order valence-corrected chi connectivity index (χ2v) is 10.9. The van der Waals surface area contributed by atoms with Crippen molar-refractivity contribution in [3.63, 3.8) is 0 Å². The van der Waals surface area contributed by atoms with E-state index in [1.54, 1.807) is 45.0 Å². The largest absolute Gasteiger partial charge is 0.273 e. The van der Waals surface area contributed by atoms with Crippen molar-refractivity contribution in [2.45, 2.75) is 49.4 Å². The number of rotatable bonds is 8. The molecule has 32 heavy (non-hydrogen) atoms. The lowest BCUT2D eigenvalue weighted by Gasteiger charge is -2.21. The maximum Gasteiger partial charge on any atom is 0.244 e. The minimum Gasteiger partial charge on any atom is -0.273 e. The van der Waals surface area contributed by atoms with E-state index in [1.165, 1.54) is 0 Å². The van der Waals surface area contributed by atoms with Gasteiger partial charge in [-0.3, -0.25) is 9.63 Å². The van der Waals surface area contributed by atoms with Crippen molar-refractivity contribution in [3.05, 3.63) is 90.5 Å². The maximum absolute atomic E-state index is 13.5. The van der Waals surface area contributed by atoms with Crippen molar-refractivity contribution in [3.8, 4) is 11.1 Å². The van der Waals surface area contributed by atoms with E-state index in [2.05, 4.69) is 5.48 Å². The molecule has 0 radical (unpaired) electrons. The highest BCUT2D eigenvalue weighted by Gasteiger charge is 2.30. The summed E-state index contributed by atoms with van der Waals surface area (Å²) in [6.07, 6.45) is 0.0281. The highest BCUT2D eigenvalue weighted by molar-refractivity contribution is 7.92. The average molecular weight is 452 g/mol. The van der Waals surface area contributed by atoms with Crippen LogP contribution in [0.4, 0.5) is 0 Å². The highest BCUT2D eigenvalue weighted by Crippen LogP contribution is 2.26. The van der Waals surface area contributed by atoms with E-state index in [-0.39, 0.29) is 17.7 Å². The van der Waals surface area contributed by atoms with Crippen LogP contribution in [-0.4, -0.2) is 25.2 Å². The van der Waals surface area contributed by atoms with Crippen LogP contribution in [0.1, 0.15) is 32.8 Å². The Kier molecular flexibility index (Phi) is 7.48. The molecule has 3 rings (SSSR count). The Morgan fingerprint density at radius 2 is 1.38 bits per heavy atom. The second kappa shape index (κ2) is 10.1. The molecule has 5 nitrogen and oxygen atoms in total. The summed E-state index contributed by atoms with van der Waals surface area (Å²) in [7, 11) is -3.76. The number of carbonyl (C=O) groups is 1. The molecule has 0 bridgehead atoms. The Hall–Kier alpha value is -2.96. The van der Waals surface area contributed by atoms with Crippen molar-refractivity contribution < 1.29 is 18.0 Å². The van der Waals surface area contributed by atoms with E-state index in [4.69, 9.17) is 4.84 Å². The van der Waals surface area contributed by atoms with Gasteiger partial charge in [0, 0.05) is 6.42 Å². The minimum absolute atomic E-state index is 0.197. The minimum atomic E-state index is -3.76. The van der Waals surface area contributed by atoms with Crippen LogP contribution in [0.2, 0.25) is 0 Å². The lowest BCUT2D eigenvalue weighted by Crippen LogP contribution is -2.37. The highest BCUT2D eigenvalue weighted by atomic mass is 32.2. The van der Waals surface area contributed by atoms with Crippen molar-refractivity contribution in [2.75, 3.05) is 0 Å². The first-order valence-corrected chi connectivity index (χ1v) is 12.1. The Balaban J connectivity index is 1.85. The third-order valence-corrected chi connectivity index (χ3v) is 7.06. The molecule has 0 fully saturated rings. The van der Waals surface area contributed by atoms with Crippen LogP contribution >= 0.6 is 0 Å². The summed E-state index contributed by atoms with van der Waals surface area (Å²) in [5.74, 6) is -0.467. The van der Waals surface area contributed by atoms with Crippen LogP contribution in [0.25, 0.3) is 11.1 Å². The summed E-state index contributed by atoms with van der Waals surface area (Å²) in [4.78, 5) is 18.0. The normalized spacial score (nSPS) is 12.8. The molecule has 6 heteroatoms. The van der Waals surface area contributed by atoms with Gasteiger partial charge in [0.2, 0.25) is 5.91 Å². The van der Waals surface area contributed by atoms with Gasteiger partial charge in [0.15, 0.2) is 9.84 Å². The summed E-state index contributed by atoms with van der Waals surface area (Å²) < 4.78 is 27.0. The van der Waals surface area contributed by atoms with Crippen molar-refractivity contribution >= 4 is 15.7 Å². The first kappa shape index (κ1) is 23.7. The fourth-order valence-corrected chi connectivity index (χ4v) is 4.97. The topological polar surface area (TPSA) is 72.5 Å². The lowest BCUT2D eigenvalue weighted by molar-refractivity contribution is -0.145. The van der Waals surface area contributed by atoms with Crippen molar-refractivity contribution in [1.82, 2.24) is 5.48 Å². The van der Waals surface area contributed by atoms with Gasteiger partial charge in [0.1, 0.15) is 0 Å². The molecule has 0 aliphatic heterocycles. The summed E-state index contributed by atoms with van der Waals surface area (Å²) >= 11 is 0. The fraction of sp³-hybridized carbons (Fsp3) is 0.269. The summed E-state index contributed by atoms with van der Waals surface area (Å²) in [5.41, 5.74) is 4.61. The Morgan fingerprint density at radius 3 is 1.94 bits per heavy atom. The quantitative estimate of drug-likeness (QED) is 0.491. The van der Waals surface area contributed by atoms with Gasteiger partial charge in [0.05, 0.1) is 15.7 Å². The maximum atomic E-state index is 13.5. The first-order valence-electron chi connectivity index (χ1n) is 10.6. The van der Waals surface area contributed by atoms with Gasteiger partial charge < -0.3 is 0 Å². The van der Waals surface area contributed by atoms with E-state index in [0.29, 0.717) is 0 Å². The lowest BCUT2D eigenvalue weighted by atomic mass is 10.1. The Bertz CT molecular complexity index is 1120. The van der Waals surface area contributed by atoms with E-state index in [0.717, 1.165) is 16.7 Å². The molecular weight excluding hydrogens is 422 g/mol. The van der Waals surface area contributed by atoms with Gasteiger partial charge >= 0.3 is 0 Å². The summed E-state index contributed by atoms with van der Waals surface area (Å²) in [6, 6.07) is 25.9. The Morgan fingerprint density at radius 1 is 0.844 bits per heavy atom. The zero-order valence-corrected chi connectivity index (χ0v) is 19.4. The standard InChI is InChI=1S/C26H29NO4S/c1-26(2,3)31-27-25(28)19-24(18-20-10-6-4-7-11-20)32(29,30)23-16-14-22(15-17-23)21-12-8-5-9-13-21/h4-17,24H,18-19H2,1-3H3,(H,27,28). The molecule has 1 unspecified atom stereocenters. The van der Waals surface area contributed by atoms with Gasteiger partial charge in [-0.25, -0.2) is 13.9 Å². The molecule has 0 aliphatic rings. The van der Waals surface area contributed by atoms with Gasteiger partial charge in [-0.15, -0.1) is 0 Å². The second-order valence-electron chi connectivity index (χ2n) is 8.69. The third-order valence-electron chi connectivity index (χ3n) is 4.92. The predicted octanol–water partition coefficient (Wildman–Crippen LogP) is 4.98. The number of sulfone groups is 1. The molecule has 0 aliphatic carbocycles. The van der Waals surface area contributed by atoms with Gasteiger partial charge in [0.25, 0.3) is 0 Å². The van der Waals surface area contributed by atoms with Crippen LogP contribution in [-0.2, 0) is 25.9 Å². The molecule has 0 heterocycles. The molecule has 1 amide bonds. The SMILES string of the molecule is CC(C)(C)ONC(=O)CC(Cc1ccccc1)S(=O)(=O)c1ccc(-c2ccccc2)cc1. The number of hydrogen-bond donors (Lipinski definition) is 1. The summed E-state index contributed by atoms with van der Waals surface area (Å²) in [6.45, 7) is 5.42. The van der Waals surface area contributed by atoms with Gasteiger partial charge in [-0.05, 0) is 56.0 Å². The number of nitrogens with one attached hydrogen (secondary N) is 1.